The van der Waals surface area contributed by atoms with Gasteiger partial charge in [-0.25, -0.2) is 9.78 Å². The van der Waals surface area contributed by atoms with Crippen LogP contribution in [0, 0.1) is 0 Å². The van der Waals surface area contributed by atoms with E-state index in [4.69, 9.17) is 5.73 Å². The molecule has 0 aliphatic heterocycles. The van der Waals surface area contributed by atoms with Crippen molar-refractivity contribution in [1.82, 2.24) is 30.9 Å². The first-order chi connectivity index (χ1) is 21.0. The Bertz CT molecular complexity index is 1580. The number of carboxylic acid groups (broad SMARTS) is 1. The van der Waals surface area contributed by atoms with Gasteiger partial charge in [-0.2, -0.15) is 0 Å². The Hall–Kier alpha value is -5.21. The highest BCUT2D eigenvalue weighted by atomic mass is 16.4. The SMILES string of the molecule is CC(O)C(NC(=O)C(Cc1cnc[nH]1)NC(=O)C(N)Cc1ccc(O)cc1)C(=O)NC(Cc1c[nH]c2ccccc12)C(=O)O. The number of nitrogens with two attached hydrogens (primary N) is 1. The molecule has 0 radical (unpaired) electrons. The average Bonchev–Trinajstić information content (AvgIpc) is 3.66. The molecule has 0 bridgehead atoms. The van der Waals surface area contributed by atoms with Crippen LogP contribution in [-0.2, 0) is 38.4 Å². The highest BCUT2D eigenvalue weighted by Crippen LogP contribution is 2.19. The van der Waals surface area contributed by atoms with Crippen LogP contribution in [0.1, 0.15) is 23.7 Å². The number of aliphatic hydroxyl groups excluding tert-OH is 1. The number of aliphatic hydroxyl groups is 1. The van der Waals surface area contributed by atoms with Gasteiger partial charge in [-0.15, -0.1) is 0 Å². The van der Waals surface area contributed by atoms with Crippen molar-refractivity contribution in [3.8, 4) is 5.75 Å². The van der Waals surface area contributed by atoms with Crippen LogP contribution in [0.15, 0.2) is 67.3 Å². The van der Waals surface area contributed by atoms with E-state index in [1.807, 2.05) is 24.3 Å². The number of nitrogens with zero attached hydrogens (tertiary/aromatic N) is 1. The molecule has 44 heavy (non-hydrogen) atoms. The van der Waals surface area contributed by atoms with Crippen LogP contribution in [0.3, 0.4) is 0 Å². The van der Waals surface area contributed by atoms with Crippen molar-refractivity contribution in [3.63, 3.8) is 0 Å². The Morgan fingerprint density at radius 3 is 2.25 bits per heavy atom. The number of phenols is 1. The maximum absolute atomic E-state index is 13.4. The lowest BCUT2D eigenvalue weighted by atomic mass is 10.0. The molecular formula is C30H35N7O7. The van der Waals surface area contributed by atoms with E-state index in [2.05, 4.69) is 30.9 Å². The molecule has 5 unspecified atom stereocenters. The highest BCUT2D eigenvalue weighted by molar-refractivity contribution is 5.95. The zero-order valence-corrected chi connectivity index (χ0v) is 23.9. The number of carbonyl (C=O) groups excluding carboxylic acids is 3. The lowest BCUT2D eigenvalue weighted by molar-refractivity contribution is -0.143. The van der Waals surface area contributed by atoms with Crippen molar-refractivity contribution in [2.75, 3.05) is 0 Å². The molecule has 0 spiro atoms. The van der Waals surface area contributed by atoms with Gasteiger partial charge in [-0.1, -0.05) is 30.3 Å². The smallest absolute Gasteiger partial charge is 0.326 e. The number of H-pyrrole nitrogens is 2. The number of fused-ring (bicyclic) bond motifs is 1. The van der Waals surface area contributed by atoms with Crippen LogP contribution < -0.4 is 21.7 Å². The van der Waals surface area contributed by atoms with E-state index in [0.29, 0.717) is 16.8 Å². The third-order valence-corrected chi connectivity index (χ3v) is 7.12. The van der Waals surface area contributed by atoms with Gasteiger partial charge in [0, 0.05) is 41.8 Å². The average molecular weight is 606 g/mol. The van der Waals surface area contributed by atoms with E-state index in [0.717, 1.165) is 10.9 Å². The number of nitrogens with one attached hydrogen (secondary N) is 5. The summed E-state index contributed by atoms with van der Waals surface area (Å²) in [6.07, 6.45) is 3.13. The lowest BCUT2D eigenvalue weighted by Crippen LogP contribution is -2.60. The largest absolute Gasteiger partial charge is 0.508 e. The summed E-state index contributed by atoms with van der Waals surface area (Å²) in [5.41, 5.74) is 8.75. The van der Waals surface area contributed by atoms with Crippen molar-refractivity contribution in [1.29, 1.82) is 0 Å². The summed E-state index contributed by atoms with van der Waals surface area (Å²) in [5, 5.41) is 38.0. The molecule has 0 aliphatic carbocycles. The lowest BCUT2D eigenvalue weighted by Gasteiger charge is -2.26. The topological polar surface area (TPSA) is 236 Å². The Balaban J connectivity index is 1.45. The number of phenolic OH excluding ortho intramolecular Hbond substituents is 1. The molecule has 0 fully saturated rings. The zero-order chi connectivity index (χ0) is 31.8. The van der Waals surface area contributed by atoms with Crippen LogP contribution in [0.2, 0.25) is 0 Å². The number of aromatic hydroxyl groups is 1. The van der Waals surface area contributed by atoms with Gasteiger partial charge < -0.3 is 47.0 Å². The molecular weight excluding hydrogens is 570 g/mol. The summed E-state index contributed by atoms with van der Waals surface area (Å²) in [6.45, 7) is 1.27. The molecule has 0 aliphatic rings. The number of aliphatic carboxylic acids is 1. The van der Waals surface area contributed by atoms with Gasteiger partial charge in [0.05, 0.1) is 18.5 Å². The Morgan fingerprint density at radius 2 is 1.59 bits per heavy atom. The van der Waals surface area contributed by atoms with Gasteiger partial charge in [0.25, 0.3) is 0 Å². The summed E-state index contributed by atoms with van der Waals surface area (Å²) in [6, 6.07) is 8.28. The first-order valence-corrected chi connectivity index (χ1v) is 13.9. The van der Waals surface area contributed by atoms with Gasteiger partial charge in [0.15, 0.2) is 0 Å². The summed E-state index contributed by atoms with van der Waals surface area (Å²) in [5.74, 6) is -3.62. The molecule has 4 rings (SSSR count). The minimum Gasteiger partial charge on any atom is -0.508 e. The van der Waals surface area contributed by atoms with Crippen LogP contribution in [-0.4, -0.2) is 84.2 Å². The van der Waals surface area contributed by atoms with Crippen molar-refractivity contribution in [3.05, 3.63) is 84.1 Å². The molecule has 4 aromatic rings. The number of imidazole rings is 1. The number of hydrogen-bond donors (Lipinski definition) is 9. The fraction of sp³-hybridized carbons (Fsp3) is 0.300. The van der Waals surface area contributed by atoms with E-state index in [1.165, 1.54) is 31.6 Å². The number of amides is 3. The first-order valence-electron chi connectivity index (χ1n) is 13.9. The second-order valence-electron chi connectivity index (χ2n) is 10.5. The van der Waals surface area contributed by atoms with Gasteiger partial charge in [-0.05, 0) is 42.7 Å². The minimum atomic E-state index is -1.54. The molecule has 0 saturated carbocycles. The van der Waals surface area contributed by atoms with E-state index >= 15 is 0 Å². The number of rotatable bonds is 14. The van der Waals surface area contributed by atoms with Crippen molar-refractivity contribution < 1.29 is 34.5 Å². The summed E-state index contributed by atoms with van der Waals surface area (Å²) >= 11 is 0. The third kappa shape index (κ3) is 8.20. The normalized spacial score (nSPS) is 14.6. The number of carboxylic acids is 1. The maximum Gasteiger partial charge on any atom is 0.326 e. The monoisotopic (exact) mass is 605 g/mol. The van der Waals surface area contributed by atoms with Gasteiger partial charge in [0.2, 0.25) is 17.7 Å². The van der Waals surface area contributed by atoms with Crippen molar-refractivity contribution >= 4 is 34.6 Å². The Labute approximate surface area is 252 Å². The van der Waals surface area contributed by atoms with E-state index < -0.39 is 54.0 Å². The molecule has 10 N–H and O–H groups in total. The van der Waals surface area contributed by atoms with Gasteiger partial charge in [0.1, 0.15) is 23.9 Å². The van der Waals surface area contributed by atoms with E-state index in [9.17, 15) is 34.5 Å². The number of aromatic amines is 2. The highest BCUT2D eigenvalue weighted by Gasteiger charge is 2.33. The number of benzene rings is 2. The van der Waals surface area contributed by atoms with Crippen molar-refractivity contribution in [2.24, 2.45) is 5.73 Å². The minimum absolute atomic E-state index is 0.0457. The second-order valence-corrected chi connectivity index (χ2v) is 10.5. The second kappa shape index (κ2) is 14.3. The number of para-hydroxylation sites is 1. The standard InChI is InChI=1S/C30H35N7O7/c1-16(38)26(29(42)36-25(30(43)44)11-18-13-33-23-5-3-2-4-21(18)23)37-28(41)24(12-19-14-32-15-34-19)35-27(40)22(31)10-17-6-8-20(39)9-7-17/h2-9,13-16,22,24-26,33,38-39H,10-12,31H2,1H3,(H,32,34)(H,35,40)(H,36,42)(H,37,41)(H,43,44). The molecule has 232 valence electrons. The summed E-state index contributed by atoms with van der Waals surface area (Å²) < 4.78 is 0. The fourth-order valence-electron chi connectivity index (χ4n) is 4.72. The fourth-order valence-corrected chi connectivity index (χ4v) is 4.72. The molecule has 14 heteroatoms. The summed E-state index contributed by atoms with van der Waals surface area (Å²) in [4.78, 5) is 61.5. The van der Waals surface area contributed by atoms with Crippen molar-refractivity contribution in [2.45, 2.75) is 56.5 Å². The van der Waals surface area contributed by atoms with Crippen LogP contribution in [0.5, 0.6) is 5.75 Å². The van der Waals surface area contributed by atoms with Crippen LogP contribution in [0.4, 0.5) is 0 Å². The van der Waals surface area contributed by atoms with Gasteiger partial charge >= 0.3 is 5.97 Å². The van der Waals surface area contributed by atoms with Crippen LogP contribution >= 0.6 is 0 Å². The summed E-state index contributed by atoms with van der Waals surface area (Å²) in [7, 11) is 0. The predicted octanol–water partition coefficient (Wildman–Crippen LogP) is -0.128. The predicted molar refractivity (Wildman–Crippen MR) is 159 cm³/mol. The molecule has 2 aromatic heterocycles. The Kier molecular flexibility index (Phi) is 10.3. The quantitative estimate of drug-likeness (QED) is 0.0929. The Morgan fingerprint density at radius 1 is 0.886 bits per heavy atom. The van der Waals surface area contributed by atoms with E-state index in [1.54, 1.807) is 18.3 Å². The zero-order valence-electron chi connectivity index (χ0n) is 23.9. The number of carbonyl (C=O) groups is 4. The molecule has 3 amide bonds. The molecule has 14 nitrogen and oxygen atoms in total. The molecule has 2 heterocycles. The molecule has 0 saturated heterocycles. The molecule has 2 aromatic carbocycles. The van der Waals surface area contributed by atoms with E-state index in [-0.39, 0.29) is 25.0 Å². The first kappa shape index (κ1) is 31.7. The maximum atomic E-state index is 13.4. The number of hydrogen-bond acceptors (Lipinski definition) is 8. The molecule has 5 atom stereocenters. The number of aromatic nitrogens is 3. The van der Waals surface area contributed by atoms with Gasteiger partial charge in [-0.3, -0.25) is 14.4 Å². The third-order valence-electron chi connectivity index (χ3n) is 7.12. The van der Waals surface area contributed by atoms with Crippen LogP contribution in [0.25, 0.3) is 10.9 Å².